The number of anilines is 1. The minimum atomic E-state index is -5.08. The lowest BCUT2D eigenvalue weighted by molar-refractivity contribution is -0.192. The Hall–Kier alpha value is -3.66. The number of amides is 1. The minimum Gasteiger partial charge on any atom is -0.475 e. The van der Waals surface area contributed by atoms with Crippen LogP contribution in [0.3, 0.4) is 0 Å². The largest absolute Gasteiger partial charge is 0.490 e. The van der Waals surface area contributed by atoms with Crippen LogP contribution >= 0.6 is 0 Å². The first-order valence-corrected chi connectivity index (χ1v) is 12.2. The highest BCUT2D eigenvalue weighted by Crippen LogP contribution is 2.28. The number of hydrogen-bond donors (Lipinski definition) is 2. The van der Waals surface area contributed by atoms with Crippen LogP contribution in [0.5, 0.6) is 0 Å². The van der Waals surface area contributed by atoms with E-state index in [1.807, 2.05) is 49.4 Å². The van der Waals surface area contributed by atoms with E-state index >= 15 is 0 Å². The molecule has 1 aliphatic carbocycles. The summed E-state index contributed by atoms with van der Waals surface area (Å²) in [6.07, 6.45) is 1.15. The Morgan fingerprint density at radius 3 is 2.24 bits per heavy atom. The van der Waals surface area contributed by atoms with Crippen molar-refractivity contribution in [2.45, 2.75) is 51.2 Å². The molecule has 1 fully saturated rings. The zero-order chi connectivity index (χ0) is 26.6. The summed E-state index contributed by atoms with van der Waals surface area (Å²) in [6.45, 7) is 4.18. The predicted octanol–water partition coefficient (Wildman–Crippen LogP) is 5.02. The SMILES string of the molecule is Cc1cc(C(=O)Nc2ccc3c(c2)CCN(C2CCC2)CC3)n(-c2ccccc2)n1.O=C(O)C(F)(F)F. The van der Waals surface area contributed by atoms with Gasteiger partial charge < -0.3 is 10.4 Å². The fourth-order valence-corrected chi connectivity index (χ4v) is 4.56. The van der Waals surface area contributed by atoms with E-state index in [0.717, 1.165) is 49.0 Å². The Kier molecular flexibility index (Phi) is 7.97. The molecule has 0 saturated heterocycles. The van der Waals surface area contributed by atoms with Gasteiger partial charge >= 0.3 is 12.1 Å². The van der Waals surface area contributed by atoms with Gasteiger partial charge in [0.2, 0.25) is 0 Å². The zero-order valence-corrected chi connectivity index (χ0v) is 20.5. The second-order valence-corrected chi connectivity index (χ2v) is 9.28. The van der Waals surface area contributed by atoms with Crippen molar-refractivity contribution in [3.63, 3.8) is 0 Å². The number of para-hydroxylation sites is 1. The number of alkyl halides is 3. The summed E-state index contributed by atoms with van der Waals surface area (Å²) in [6, 6.07) is 18.8. The number of carbonyl (C=O) groups is 2. The molecule has 1 saturated carbocycles. The number of rotatable bonds is 4. The molecule has 0 bridgehead atoms. The van der Waals surface area contributed by atoms with Gasteiger partial charge in [-0.05, 0) is 74.1 Å². The van der Waals surface area contributed by atoms with Crippen molar-refractivity contribution in [1.29, 1.82) is 0 Å². The number of hydrogen-bond acceptors (Lipinski definition) is 4. The number of halogens is 3. The third-order valence-electron chi connectivity index (χ3n) is 6.70. The van der Waals surface area contributed by atoms with E-state index in [9.17, 15) is 18.0 Å². The Morgan fingerprint density at radius 1 is 1.00 bits per heavy atom. The number of benzene rings is 2. The maximum Gasteiger partial charge on any atom is 0.490 e. The molecule has 0 radical (unpaired) electrons. The highest BCUT2D eigenvalue weighted by atomic mass is 19.4. The number of nitrogens with one attached hydrogen (secondary N) is 1. The van der Waals surface area contributed by atoms with Crippen LogP contribution in [0.25, 0.3) is 5.69 Å². The number of aromatic nitrogens is 2. The van der Waals surface area contributed by atoms with Crippen LogP contribution in [0.1, 0.15) is 46.6 Å². The molecule has 0 atom stereocenters. The quantitative estimate of drug-likeness (QED) is 0.511. The number of carboxylic acid groups (broad SMARTS) is 1. The molecule has 0 unspecified atom stereocenters. The number of carboxylic acids is 1. The first-order chi connectivity index (χ1) is 17.6. The van der Waals surface area contributed by atoms with Gasteiger partial charge in [-0.15, -0.1) is 0 Å². The van der Waals surface area contributed by atoms with Crippen molar-refractivity contribution in [1.82, 2.24) is 14.7 Å². The Bertz CT molecular complexity index is 1250. The summed E-state index contributed by atoms with van der Waals surface area (Å²) in [5.41, 5.74) is 5.89. The third-order valence-corrected chi connectivity index (χ3v) is 6.70. The molecular formula is C27H29F3N4O3. The normalized spacial score (nSPS) is 16.0. The molecule has 1 aromatic heterocycles. The summed E-state index contributed by atoms with van der Waals surface area (Å²) in [4.78, 5) is 24.6. The maximum atomic E-state index is 13.1. The fourth-order valence-electron chi connectivity index (χ4n) is 4.56. The van der Waals surface area contributed by atoms with E-state index < -0.39 is 12.1 Å². The second kappa shape index (κ2) is 11.2. The van der Waals surface area contributed by atoms with Gasteiger partial charge in [0.25, 0.3) is 5.91 Å². The average molecular weight is 515 g/mol. The molecule has 2 aromatic carbocycles. The van der Waals surface area contributed by atoms with Gasteiger partial charge in [0.1, 0.15) is 5.69 Å². The molecule has 1 aliphatic heterocycles. The molecular weight excluding hydrogens is 485 g/mol. The first kappa shape index (κ1) is 26.4. The molecule has 10 heteroatoms. The van der Waals surface area contributed by atoms with Crippen LogP contribution in [-0.4, -0.2) is 57.0 Å². The smallest absolute Gasteiger partial charge is 0.475 e. The highest BCUT2D eigenvalue weighted by molar-refractivity contribution is 6.03. The van der Waals surface area contributed by atoms with Crippen molar-refractivity contribution in [3.8, 4) is 5.69 Å². The molecule has 196 valence electrons. The van der Waals surface area contributed by atoms with Gasteiger partial charge in [-0.3, -0.25) is 9.69 Å². The van der Waals surface area contributed by atoms with Crippen LogP contribution in [-0.2, 0) is 17.6 Å². The van der Waals surface area contributed by atoms with Crippen LogP contribution in [0.2, 0.25) is 0 Å². The molecule has 3 aromatic rings. The summed E-state index contributed by atoms with van der Waals surface area (Å²) in [5, 5.41) is 14.7. The minimum absolute atomic E-state index is 0.135. The van der Waals surface area contributed by atoms with E-state index in [-0.39, 0.29) is 5.91 Å². The average Bonchev–Trinajstić information content (AvgIpc) is 3.11. The van der Waals surface area contributed by atoms with Gasteiger partial charge in [-0.25, -0.2) is 9.48 Å². The second-order valence-electron chi connectivity index (χ2n) is 9.28. The first-order valence-electron chi connectivity index (χ1n) is 12.2. The molecule has 7 nitrogen and oxygen atoms in total. The van der Waals surface area contributed by atoms with Gasteiger partial charge in [-0.1, -0.05) is 30.7 Å². The number of fused-ring (bicyclic) bond motifs is 1. The molecule has 2 N–H and O–H groups in total. The zero-order valence-electron chi connectivity index (χ0n) is 20.5. The summed E-state index contributed by atoms with van der Waals surface area (Å²) >= 11 is 0. The van der Waals surface area contributed by atoms with E-state index in [1.54, 1.807) is 4.68 Å². The molecule has 1 amide bonds. The molecule has 2 aliphatic rings. The highest BCUT2D eigenvalue weighted by Gasteiger charge is 2.38. The lowest BCUT2D eigenvalue weighted by Gasteiger charge is -2.36. The summed E-state index contributed by atoms with van der Waals surface area (Å²) in [7, 11) is 0. The third kappa shape index (κ3) is 6.56. The summed E-state index contributed by atoms with van der Waals surface area (Å²) < 4.78 is 33.4. The molecule has 5 rings (SSSR count). The van der Waals surface area contributed by atoms with Crippen LogP contribution in [0.4, 0.5) is 18.9 Å². The molecule has 0 spiro atoms. The topological polar surface area (TPSA) is 87.5 Å². The lowest BCUT2D eigenvalue weighted by atomic mass is 9.91. The van der Waals surface area contributed by atoms with Crippen molar-refractivity contribution in [2.75, 3.05) is 18.4 Å². The number of aliphatic carboxylic acids is 1. The van der Waals surface area contributed by atoms with E-state index in [4.69, 9.17) is 9.90 Å². The van der Waals surface area contributed by atoms with Gasteiger partial charge in [-0.2, -0.15) is 18.3 Å². The van der Waals surface area contributed by atoms with Crippen LogP contribution in [0.15, 0.2) is 54.6 Å². The van der Waals surface area contributed by atoms with Gasteiger partial charge in [0.15, 0.2) is 0 Å². The Labute approximate surface area is 212 Å². The number of carbonyl (C=O) groups excluding carboxylic acids is 1. The molecule has 2 heterocycles. The number of nitrogens with zero attached hydrogens (tertiary/aromatic N) is 3. The lowest BCUT2D eigenvalue weighted by Crippen LogP contribution is -2.41. The standard InChI is InChI=1S/C25H28N4O.C2HF3O2/c1-18-16-24(29(27-18)23-6-3-2-4-7-23)25(30)26-21-11-10-19-12-14-28(22-8-5-9-22)15-13-20(19)17-21;3-2(4,5)1(6)7/h2-4,6-7,10-11,16-17,22H,5,8-9,12-15H2,1H3,(H,26,30);(H,6,7). The summed E-state index contributed by atoms with van der Waals surface area (Å²) in [5.74, 6) is -2.89. The monoisotopic (exact) mass is 514 g/mol. The Morgan fingerprint density at radius 2 is 1.65 bits per heavy atom. The molecule has 37 heavy (non-hydrogen) atoms. The maximum absolute atomic E-state index is 13.1. The van der Waals surface area contributed by atoms with E-state index in [0.29, 0.717) is 5.69 Å². The van der Waals surface area contributed by atoms with Crippen molar-refractivity contribution in [2.24, 2.45) is 0 Å². The van der Waals surface area contributed by atoms with Crippen LogP contribution < -0.4 is 5.32 Å². The van der Waals surface area contributed by atoms with Crippen LogP contribution in [0, 0.1) is 6.92 Å². The Balaban J connectivity index is 0.000000405. The number of aryl methyl sites for hydroxylation is 1. The van der Waals surface area contributed by atoms with E-state index in [1.165, 1.54) is 30.4 Å². The van der Waals surface area contributed by atoms with Crippen molar-refractivity contribution in [3.05, 3.63) is 77.1 Å². The van der Waals surface area contributed by atoms with Crippen molar-refractivity contribution < 1.29 is 27.9 Å². The van der Waals surface area contributed by atoms with Crippen molar-refractivity contribution >= 4 is 17.6 Å². The fraction of sp³-hybridized carbons (Fsp3) is 0.370. The predicted molar refractivity (Wildman–Crippen MR) is 133 cm³/mol. The van der Waals surface area contributed by atoms with Gasteiger partial charge in [0, 0.05) is 24.8 Å². The van der Waals surface area contributed by atoms with Gasteiger partial charge in [0.05, 0.1) is 11.4 Å². The van der Waals surface area contributed by atoms with E-state index in [2.05, 4.69) is 27.4 Å².